The number of thioether (sulfide) groups is 1. The van der Waals surface area contributed by atoms with Crippen molar-refractivity contribution >= 4 is 35.4 Å². The number of nitrogens with zero attached hydrogens (tertiary/aromatic N) is 1. The summed E-state index contributed by atoms with van der Waals surface area (Å²) in [5.41, 5.74) is 0.609. The first-order valence-electron chi connectivity index (χ1n) is 7.38. The molecule has 0 bridgehead atoms. The van der Waals surface area contributed by atoms with Crippen LogP contribution in [0, 0.1) is 5.92 Å². The molecule has 0 spiro atoms. The van der Waals surface area contributed by atoms with Crippen molar-refractivity contribution < 1.29 is 24.2 Å². The maximum absolute atomic E-state index is 12.1. The predicted molar refractivity (Wildman–Crippen MR) is 92.2 cm³/mol. The van der Waals surface area contributed by atoms with Gasteiger partial charge >= 0.3 is 18.0 Å². The van der Waals surface area contributed by atoms with Crippen molar-refractivity contribution in [1.82, 2.24) is 4.90 Å². The number of rotatable bonds is 8. The van der Waals surface area contributed by atoms with E-state index in [1.165, 1.54) is 23.8 Å². The molecule has 132 valence electrons. The van der Waals surface area contributed by atoms with Crippen LogP contribution in [0.4, 0.5) is 10.5 Å². The molecule has 0 aliphatic carbocycles. The lowest BCUT2D eigenvalue weighted by atomic mass is 10.2. The van der Waals surface area contributed by atoms with E-state index >= 15 is 0 Å². The average Bonchev–Trinajstić information content (AvgIpc) is 2.54. The highest BCUT2D eigenvalue weighted by Gasteiger charge is 2.17. The Morgan fingerprint density at radius 1 is 1.38 bits per heavy atom. The van der Waals surface area contributed by atoms with Gasteiger partial charge in [-0.25, -0.2) is 4.79 Å². The Kier molecular flexibility index (Phi) is 8.11. The van der Waals surface area contributed by atoms with Crippen molar-refractivity contribution in [3.05, 3.63) is 24.3 Å². The fourth-order valence-electron chi connectivity index (χ4n) is 1.81. The van der Waals surface area contributed by atoms with Gasteiger partial charge in [0.25, 0.3) is 0 Å². The minimum absolute atomic E-state index is 0.120. The number of anilines is 1. The zero-order chi connectivity index (χ0) is 18.1. The largest absolute Gasteiger partial charge is 0.481 e. The summed E-state index contributed by atoms with van der Waals surface area (Å²) in [4.78, 5) is 36.2. The van der Waals surface area contributed by atoms with Crippen molar-refractivity contribution in [3.63, 3.8) is 0 Å². The van der Waals surface area contributed by atoms with Gasteiger partial charge in [-0.2, -0.15) is 0 Å². The second kappa shape index (κ2) is 9.82. The monoisotopic (exact) mass is 354 g/mol. The maximum Gasteiger partial charge on any atom is 0.321 e. The van der Waals surface area contributed by atoms with E-state index in [0.717, 1.165) is 4.90 Å². The summed E-state index contributed by atoms with van der Waals surface area (Å²) in [6.45, 7) is 1.67. The zero-order valence-corrected chi connectivity index (χ0v) is 14.8. The van der Waals surface area contributed by atoms with Gasteiger partial charge in [-0.1, -0.05) is 13.0 Å². The number of benzene rings is 1. The van der Waals surface area contributed by atoms with Crippen LogP contribution in [-0.4, -0.2) is 54.4 Å². The van der Waals surface area contributed by atoms with E-state index in [-0.39, 0.29) is 18.5 Å². The van der Waals surface area contributed by atoms with Crippen LogP contribution in [0.25, 0.3) is 0 Å². The van der Waals surface area contributed by atoms with Crippen LogP contribution >= 0.6 is 11.8 Å². The summed E-state index contributed by atoms with van der Waals surface area (Å²) < 4.78 is 4.58. The molecule has 0 heterocycles. The van der Waals surface area contributed by atoms with E-state index in [1.807, 2.05) is 6.07 Å². The van der Waals surface area contributed by atoms with Crippen molar-refractivity contribution in [2.45, 2.75) is 18.2 Å². The molecule has 2 N–H and O–H groups in total. The van der Waals surface area contributed by atoms with Crippen LogP contribution in [0.1, 0.15) is 13.3 Å². The summed E-state index contributed by atoms with van der Waals surface area (Å²) in [6.07, 6.45) is 0.313. The number of carbonyl (C=O) groups is 3. The third kappa shape index (κ3) is 6.91. The maximum atomic E-state index is 12.1. The number of carboxylic acid groups (broad SMARTS) is 1. The molecule has 0 saturated heterocycles. The Labute approximate surface area is 145 Å². The van der Waals surface area contributed by atoms with Gasteiger partial charge < -0.3 is 20.1 Å². The number of nitrogens with one attached hydrogen (secondary N) is 1. The van der Waals surface area contributed by atoms with Gasteiger partial charge in [0.15, 0.2) is 0 Å². The van der Waals surface area contributed by atoms with E-state index < -0.39 is 11.9 Å². The molecule has 2 amide bonds. The van der Waals surface area contributed by atoms with Crippen molar-refractivity contribution in [1.29, 1.82) is 0 Å². The van der Waals surface area contributed by atoms with Crippen molar-refractivity contribution in [3.8, 4) is 0 Å². The fraction of sp³-hybridized carbons (Fsp3) is 0.438. The van der Waals surface area contributed by atoms with E-state index in [0.29, 0.717) is 17.9 Å². The number of hydrogen-bond donors (Lipinski definition) is 2. The van der Waals surface area contributed by atoms with Gasteiger partial charge in [0.1, 0.15) is 0 Å². The number of aliphatic carboxylic acids is 1. The Hall–Kier alpha value is -2.22. The molecular weight excluding hydrogens is 332 g/mol. The van der Waals surface area contributed by atoms with Crippen LogP contribution in [0.3, 0.4) is 0 Å². The normalized spacial score (nSPS) is 11.5. The molecule has 1 aromatic carbocycles. The summed E-state index contributed by atoms with van der Waals surface area (Å²) in [5, 5.41) is 11.6. The van der Waals surface area contributed by atoms with Crippen LogP contribution in [0.5, 0.6) is 0 Å². The molecule has 0 aromatic heterocycles. The number of urea groups is 1. The number of methoxy groups -OCH3 is 1. The lowest BCUT2D eigenvalue weighted by Gasteiger charge is -2.20. The van der Waals surface area contributed by atoms with Crippen LogP contribution in [0.15, 0.2) is 29.2 Å². The smallest absolute Gasteiger partial charge is 0.321 e. The fourth-order valence-corrected chi connectivity index (χ4v) is 2.70. The van der Waals surface area contributed by atoms with Gasteiger partial charge in [-0.15, -0.1) is 11.8 Å². The van der Waals surface area contributed by atoms with E-state index in [2.05, 4.69) is 10.1 Å². The number of amides is 2. The highest BCUT2D eigenvalue weighted by molar-refractivity contribution is 7.99. The molecule has 1 unspecified atom stereocenters. The Morgan fingerprint density at radius 2 is 2.08 bits per heavy atom. The van der Waals surface area contributed by atoms with E-state index in [4.69, 9.17) is 5.11 Å². The average molecular weight is 354 g/mol. The molecule has 1 rings (SSSR count). The van der Waals surface area contributed by atoms with Gasteiger partial charge in [-0.05, 0) is 18.2 Å². The van der Waals surface area contributed by atoms with Gasteiger partial charge in [0.2, 0.25) is 0 Å². The lowest BCUT2D eigenvalue weighted by molar-refractivity contribution is -0.141. The van der Waals surface area contributed by atoms with Crippen LogP contribution in [-0.2, 0) is 14.3 Å². The van der Waals surface area contributed by atoms with Crippen molar-refractivity contribution in [2.75, 3.05) is 31.8 Å². The number of carboxylic acids is 1. The SMILES string of the molecule is COC(=O)CCSc1cccc(NC(=O)N(C)CC(C)C(=O)O)c1. The molecule has 0 aliphatic rings. The third-order valence-corrected chi connectivity index (χ3v) is 4.20. The second-order valence-corrected chi connectivity index (χ2v) is 6.42. The van der Waals surface area contributed by atoms with Crippen LogP contribution in [0.2, 0.25) is 0 Å². The predicted octanol–water partition coefficient (Wildman–Crippen LogP) is 2.53. The Balaban J connectivity index is 2.55. The van der Waals surface area contributed by atoms with Crippen LogP contribution < -0.4 is 5.32 Å². The molecule has 0 aliphatic heterocycles. The van der Waals surface area contributed by atoms with E-state index in [1.54, 1.807) is 32.2 Å². The first-order valence-corrected chi connectivity index (χ1v) is 8.36. The zero-order valence-electron chi connectivity index (χ0n) is 13.9. The summed E-state index contributed by atoms with van der Waals surface area (Å²) in [6, 6.07) is 6.86. The molecule has 0 fully saturated rings. The quantitative estimate of drug-likeness (QED) is 0.550. The standard InChI is InChI=1S/C16H22N2O5S/c1-11(15(20)21)10-18(2)16(22)17-12-5-4-6-13(9-12)24-8-7-14(19)23-3/h4-6,9,11H,7-8,10H2,1-3H3,(H,17,22)(H,20,21). The van der Waals surface area contributed by atoms with Gasteiger partial charge in [-0.3, -0.25) is 9.59 Å². The highest BCUT2D eigenvalue weighted by atomic mass is 32.2. The molecule has 1 aromatic rings. The first kappa shape index (κ1) is 19.8. The molecule has 24 heavy (non-hydrogen) atoms. The number of esters is 1. The lowest BCUT2D eigenvalue weighted by Crippen LogP contribution is -2.36. The summed E-state index contributed by atoms with van der Waals surface area (Å²) in [5.74, 6) is -1.26. The number of ether oxygens (including phenoxy) is 1. The first-order chi connectivity index (χ1) is 11.3. The molecule has 0 saturated carbocycles. The minimum atomic E-state index is -0.946. The van der Waals surface area contributed by atoms with E-state index in [9.17, 15) is 14.4 Å². The minimum Gasteiger partial charge on any atom is -0.481 e. The van der Waals surface area contributed by atoms with Gasteiger partial charge in [0, 0.05) is 29.9 Å². The molecular formula is C16H22N2O5S. The summed E-state index contributed by atoms with van der Waals surface area (Å²) >= 11 is 1.48. The molecule has 1 atom stereocenters. The number of hydrogen-bond acceptors (Lipinski definition) is 5. The topological polar surface area (TPSA) is 95.9 Å². The van der Waals surface area contributed by atoms with Crippen molar-refractivity contribution in [2.24, 2.45) is 5.92 Å². The molecule has 8 heteroatoms. The Morgan fingerprint density at radius 3 is 2.71 bits per heavy atom. The molecule has 0 radical (unpaired) electrons. The summed E-state index contributed by atoms with van der Waals surface area (Å²) in [7, 11) is 2.90. The van der Waals surface area contributed by atoms with Gasteiger partial charge in [0.05, 0.1) is 19.4 Å². The Bertz CT molecular complexity index is 594. The second-order valence-electron chi connectivity index (χ2n) is 5.25. The third-order valence-electron chi connectivity index (χ3n) is 3.20. The molecule has 7 nitrogen and oxygen atoms in total. The number of carbonyl (C=O) groups excluding carboxylic acids is 2. The highest BCUT2D eigenvalue weighted by Crippen LogP contribution is 2.22.